The molecule has 9 nitrogen and oxygen atoms in total. The highest BCUT2D eigenvalue weighted by Crippen LogP contribution is 2.30. The monoisotopic (exact) mass is 432 g/mol. The first-order valence-corrected chi connectivity index (χ1v) is 10.9. The molecule has 0 aliphatic carbocycles. The molecule has 0 atom stereocenters. The number of hydrogen-bond donors (Lipinski definition) is 1. The molecule has 0 aromatic heterocycles. The molecule has 0 unspecified atom stereocenters. The minimum absolute atomic E-state index is 0.0279. The first kappa shape index (κ1) is 23.0. The van der Waals surface area contributed by atoms with Gasteiger partial charge in [-0.3, -0.25) is 19.8 Å². The molecule has 0 saturated carbocycles. The summed E-state index contributed by atoms with van der Waals surface area (Å²) in [5.41, 5.74) is 1.21. The number of rotatable bonds is 5. The number of ether oxygens (including phenoxy) is 1. The van der Waals surface area contributed by atoms with Crippen LogP contribution in [-0.4, -0.2) is 60.1 Å². The molecular formula is C22H32N4O5. The van der Waals surface area contributed by atoms with E-state index in [0.717, 1.165) is 50.0 Å². The Labute approximate surface area is 182 Å². The standard InChI is InChI=1S/C22H32N4O5/c1-22(2,3)31-21(28)23-14-16-8-11-24(12-9-16)15-20(27)25-10-4-5-17-13-18(26(29)30)6-7-19(17)25/h6-7,13,16H,4-5,8-12,14-15H2,1-3H3,(H,23,28). The van der Waals surface area contributed by atoms with Crippen molar-refractivity contribution in [3.8, 4) is 0 Å². The van der Waals surface area contributed by atoms with Crippen molar-refractivity contribution in [2.24, 2.45) is 5.92 Å². The predicted octanol–water partition coefficient (Wildman–Crippen LogP) is 3.11. The van der Waals surface area contributed by atoms with Gasteiger partial charge in [0.25, 0.3) is 5.69 Å². The van der Waals surface area contributed by atoms with Crippen molar-refractivity contribution in [1.82, 2.24) is 10.2 Å². The van der Waals surface area contributed by atoms with Crippen molar-refractivity contribution in [3.63, 3.8) is 0 Å². The van der Waals surface area contributed by atoms with E-state index < -0.39 is 16.6 Å². The van der Waals surface area contributed by atoms with Gasteiger partial charge in [-0.15, -0.1) is 0 Å². The summed E-state index contributed by atoms with van der Waals surface area (Å²) in [6.07, 6.45) is 2.97. The molecule has 1 aromatic rings. The number of hydrogen-bond acceptors (Lipinski definition) is 6. The molecule has 0 radical (unpaired) electrons. The zero-order chi connectivity index (χ0) is 22.6. The van der Waals surface area contributed by atoms with Crippen LogP contribution in [0, 0.1) is 16.0 Å². The highest BCUT2D eigenvalue weighted by molar-refractivity contribution is 5.96. The molecule has 31 heavy (non-hydrogen) atoms. The highest BCUT2D eigenvalue weighted by atomic mass is 16.6. The molecule has 1 saturated heterocycles. The molecule has 0 bridgehead atoms. The number of fused-ring (bicyclic) bond motifs is 1. The van der Waals surface area contributed by atoms with Crippen LogP contribution >= 0.6 is 0 Å². The van der Waals surface area contributed by atoms with E-state index in [1.807, 2.05) is 20.8 Å². The van der Waals surface area contributed by atoms with Gasteiger partial charge >= 0.3 is 6.09 Å². The molecule has 1 aromatic carbocycles. The maximum atomic E-state index is 13.0. The number of aryl methyl sites for hydroxylation is 1. The number of nitrogens with zero attached hydrogens (tertiary/aromatic N) is 3. The minimum atomic E-state index is -0.508. The molecule has 0 spiro atoms. The van der Waals surface area contributed by atoms with Crippen LogP contribution in [0.1, 0.15) is 45.6 Å². The van der Waals surface area contributed by atoms with Crippen LogP contribution in [0.25, 0.3) is 0 Å². The fourth-order valence-electron chi connectivity index (χ4n) is 4.12. The molecule has 1 fully saturated rings. The fraction of sp³-hybridized carbons (Fsp3) is 0.636. The number of nitro groups is 1. The van der Waals surface area contributed by atoms with E-state index in [2.05, 4.69) is 10.2 Å². The number of carbonyl (C=O) groups is 2. The number of anilines is 1. The Morgan fingerprint density at radius 1 is 1.23 bits per heavy atom. The highest BCUT2D eigenvalue weighted by Gasteiger charge is 2.28. The van der Waals surface area contributed by atoms with Gasteiger partial charge in [0, 0.05) is 30.9 Å². The Bertz CT molecular complexity index is 828. The third kappa shape index (κ3) is 6.40. The summed E-state index contributed by atoms with van der Waals surface area (Å²) in [4.78, 5) is 39.3. The second-order valence-electron chi connectivity index (χ2n) is 9.32. The van der Waals surface area contributed by atoms with Crippen molar-refractivity contribution < 1.29 is 19.2 Å². The van der Waals surface area contributed by atoms with Gasteiger partial charge < -0.3 is 15.0 Å². The average Bonchev–Trinajstić information content (AvgIpc) is 2.71. The molecule has 2 aliphatic heterocycles. The second kappa shape index (κ2) is 9.64. The topological polar surface area (TPSA) is 105 Å². The number of non-ortho nitro benzene ring substituents is 1. The van der Waals surface area contributed by atoms with Crippen LogP contribution in [-0.2, 0) is 16.0 Å². The largest absolute Gasteiger partial charge is 0.444 e. The van der Waals surface area contributed by atoms with Crippen molar-refractivity contribution in [1.29, 1.82) is 0 Å². The van der Waals surface area contributed by atoms with E-state index in [-0.39, 0.29) is 11.6 Å². The van der Waals surface area contributed by atoms with Gasteiger partial charge in [0.2, 0.25) is 5.91 Å². The molecule has 9 heteroatoms. The Balaban J connectivity index is 1.48. The van der Waals surface area contributed by atoms with Crippen LogP contribution in [0.3, 0.4) is 0 Å². The summed E-state index contributed by atoms with van der Waals surface area (Å²) >= 11 is 0. The normalized spacial score (nSPS) is 17.7. The number of benzene rings is 1. The summed E-state index contributed by atoms with van der Waals surface area (Å²) in [7, 11) is 0. The third-order valence-corrected chi connectivity index (χ3v) is 5.69. The summed E-state index contributed by atoms with van der Waals surface area (Å²) in [6, 6.07) is 4.74. The van der Waals surface area contributed by atoms with E-state index >= 15 is 0 Å². The molecule has 170 valence electrons. The average molecular weight is 433 g/mol. The van der Waals surface area contributed by atoms with Crippen LogP contribution in [0.5, 0.6) is 0 Å². The predicted molar refractivity (Wildman–Crippen MR) is 117 cm³/mol. The Morgan fingerprint density at radius 2 is 1.94 bits per heavy atom. The van der Waals surface area contributed by atoms with Crippen LogP contribution in [0.15, 0.2) is 18.2 Å². The third-order valence-electron chi connectivity index (χ3n) is 5.69. The van der Waals surface area contributed by atoms with Crippen molar-refractivity contribution in [2.75, 3.05) is 37.6 Å². The van der Waals surface area contributed by atoms with E-state index in [4.69, 9.17) is 4.74 Å². The number of nitrogens with one attached hydrogen (secondary N) is 1. The lowest BCUT2D eigenvalue weighted by Gasteiger charge is -2.35. The first-order chi connectivity index (χ1) is 14.6. The summed E-state index contributed by atoms with van der Waals surface area (Å²) in [5, 5.41) is 13.9. The van der Waals surface area contributed by atoms with E-state index in [1.165, 1.54) is 6.07 Å². The Hall–Kier alpha value is -2.68. The van der Waals surface area contributed by atoms with Gasteiger partial charge in [-0.2, -0.15) is 0 Å². The maximum Gasteiger partial charge on any atom is 0.407 e. The summed E-state index contributed by atoms with van der Waals surface area (Å²) in [6.45, 7) is 8.66. The molecule has 2 amide bonds. The van der Waals surface area contributed by atoms with Gasteiger partial charge in [0.1, 0.15) is 5.60 Å². The van der Waals surface area contributed by atoms with Gasteiger partial charge in [-0.05, 0) is 77.1 Å². The number of piperidine rings is 1. The smallest absolute Gasteiger partial charge is 0.407 e. The number of alkyl carbamates (subject to hydrolysis) is 1. The summed E-state index contributed by atoms with van der Waals surface area (Å²) in [5.74, 6) is 0.398. The number of nitro benzene ring substituents is 1. The lowest BCUT2D eigenvalue weighted by atomic mass is 9.96. The van der Waals surface area contributed by atoms with Gasteiger partial charge in [0.15, 0.2) is 0 Å². The van der Waals surface area contributed by atoms with Crippen molar-refractivity contribution >= 4 is 23.4 Å². The van der Waals surface area contributed by atoms with Crippen molar-refractivity contribution in [2.45, 2.75) is 52.1 Å². The number of carbonyl (C=O) groups excluding carboxylic acids is 2. The quantitative estimate of drug-likeness (QED) is 0.566. The van der Waals surface area contributed by atoms with E-state index in [0.29, 0.717) is 25.6 Å². The Morgan fingerprint density at radius 3 is 2.58 bits per heavy atom. The maximum absolute atomic E-state index is 13.0. The van der Waals surface area contributed by atoms with Crippen molar-refractivity contribution in [3.05, 3.63) is 33.9 Å². The molecule has 3 rings (SSSR count). The zero-order valence-corrected chi connectivity index (χ0v) is 18.6. The molecule has 2 aliphatic rings. The lowest BCUT2D eigenvalue weighted by Crippen LogP contribution is -2.46. The van der Waals surface area contributed by atoms with Gasteiger partial charge in [-0.25, -0.2) is 4.79 Å². The van der Waals surface area contributed by atoms with E-state index in [1.54, 1.807) is 17.0 Å². The fourth-order valence-corrected chi connectivity index (χ4v) is 4.12. The second-order valence-corrected chi connectivity index (χ2v) is 9.32. The zero-order valence-electron chi connectivity index (χ0n) is 18.6. The Kier molecular flexibility index (Phi) is 7.15. The molecule has 1 N–H and O–H groups in total. The molecular weight excluding hydrogens is 400 g/mol. The molecule has 2 heterocycles. The van der Waals surface area contributed by atoms with Crippen LogP contribution in [0.4, 0.5) is 16.2 Å². The van der Waals surface area contributed by atoms with Crippen LogP contribution in [0.2, 0.25) is 0 Å². The number of likely N-dealkylation sites (tertiary alicyclic amines) is 1. The summed E-state index contributed by atoms with van der Waals surface area (Å²) < 4.78 is 5.27. The minimum Gasteiger partial charge on any atom is -0.444 e. The SMILES string of the molecule is CC(C)(C)OC(=O)NCC1CCN(CC(=O)N2CCCc3cc([N+](=O)[O-])ccc32)CC1. The van der Waals surface area contributed by atoms with Crippen LogP contribution < -0.4 is 10.2 Å². The lowest BCUT2D eigenvalue weighted by molar-refractivity contribution is -0.384. The van der Waals surface area contributed by atoms with E-state index in [9.17, 15) is 19.7 Å². The van der Waals surface area contributed by atoms with Gasteiger partial charge in [-0.1, -0.05) is 0 Å². The van der Waals surface area contributed by atoms with Gasteiger partial charge in [0.05, 0.1) is 11.5 Å². The first-order valence-electron chi connectivity index (χ1n) is 10.9. The number of amides is 2.